The number of aliphatic hydroxyl groups excluding tert-OH is 1. The minimum Gasteiger partial charge on any atom is -0.386 e. The van der Waals surface area contributed by atoms with Crippen LogP contribution in [0.5, 0.6) is 0 Å². The predicted octanol–water partition coefficient (Wildman–Crippen LogP) is 1.66. The third-order valence-electron chi connectivity index (χ3n) is 3.09. The molecule has 2 aromatic heterocycles. The highest BCUT2D eigenvalue weighted by atomic mass is 16.3. The van der Waals surface area contributed by atoms with Crippen molar-refractivity contribution in [1.29, 1.82) is 0 Å². The van der Waals surface area contributed by atoms with Gasteiger partial charge in [0.1, 0.15) is 18.3 Å². The molecular weight excluding hydrogens is 242 g/mol. The lowest BCUT2D eigenvalue weighted by Gasteiger charge is -2.14. The van der Waals surface area contributed by atoms with Gasteiger partial charge in [0.25, 0.3) is 0 Å². The summed E-state index contributed by atoms with van der Waals surface area (Å²) in [6.45, 7) is 8.78. The van der Waals surface area contributed by atoms with Crippen molar-refractivity contribution in [2.75, 3.05) is 0 Å². The van der Waals surface area contributed by atoms with E-state index in [4.69, 9.17) is 0 Å². The van der Waals surface area contributed by atoms with Crippen LogP contribution in [-0.2, 0) is 13.0 Å². The van der Waals surface area contributed by atoms with Crippen LogP contribution in [0.3, 0.4) is 0 Å². The molecule has 19 heavy (non-hydrogen) atoms. The van der Waals surface area contributed by atoms with E-state index in [0.717, 1.165) is 23.8 Å². The molecule has 0 aromatic carbocycles. The summed E-state index contributed by atoms with van der Waals surface area (Å²) in [7, 11) is 0. The molecule has 0 saturated heterocycles. The highest BCUT2D eigenvalue weighted by Gasteiger charge is 2.18. The van der Waals surface area contributed by atoms with Gasteiger partial charge < -0.3 is 5.11 Å². The third kappa shape index (κ3) is 2.84. The molecule has 2 rings (SSSR count). The molecule has 0 amide bonds. The van der Waals surface area contributed by atoms with Gasteiger partial charge in [-0.3, -0.25) is 4.68 Å². The Morgan fingerprint density at radius 1 is 1.37 bits per heavy atom. The molecule has 0 saturated carbocycles. The van der Waals surface area contributed by atoms with Crippen LogP contribution in [0.1, 0.15) is 50.1 Å². The van der Waals surface area contributed by atoms with E-state index in [2.05, 4.69) is 15.2 Å². The average molecular weight is 263 g/mol. The van der Waals surface area contributed by atoms with Crippen LogP contribution >= 0.6 is 0 Å². The smallest absolute Gasteiger partial charge is 0.138 e. The van der Waals surface area contributed by atoms with Gasteiger partial charge >= 0.3 is 0 Å². The van der Waals surface area contributed by atoms with E-state index in [1.807, 2.05) is 43.1 Å². The maximum Gasteiger partial charge on any atom is 0.138 e. The SMILES string of the molecule is CCn1nc(C)cc1C(O)Cc1ncnn1C(C)C. The van der Waals surface area contributed by atoms with Crippen LogP contribution in [-0.4, -0.2) is 29.7 Å². The molecule has 1 atom stereocenters. The largest absolute Gasteiger partial charge is 0.386 e. The normalized spacial score (nSPS) is 13.2. The highest BCUT2D eigenvalue weighted by molar-refractivity contribution is 5.13. The first-order chi connectivity index (χ1) is 9.02. The lowest BCUT2D eigenvalue weighted by Crippen LogP contribution is -2.15. The van der Waals surface area contributed by atoms with Crippen molar-refractivity contribution in [3.05, 3.63) is 29.6 Å². The average Bonchev–Trinajstić information content (AvgIpc) is 2.95. The van der Waals surface area contributed by atoms with Crippen molar-refractivity contribution in [3.8, 4) is 0 Å². The lowest BCUT2D eigenvalue weighted by atomic mass is 10.1. The molecule has 1 unspecified atom stereocenters. The number of aliphatic hydroxyl groups is 1. The Bertz CT molecular complexity index is 543. The van der Waals surface area contributed by atoms with Crippen LogP contribution in [0.25, 0.3) is 0 Å². The van der Waals surface area contributed by atoms with Crippen molar-refractivity contribution < 1.29 is 5.11 Å². The Hall–Kier alpha value is -1.69. The summed E-state index contributed by atoms with van der Waals surface area (Å²) < 4.78 is 3.67. The standard InChI is InChI=1S/C13H21N5O/c1-5-17-11(6-10(4)16-17)12(19)7-13-14-8-15-18(13)9(2)3/h6,8-9,12,19H,5,7H2,1-4H3. The summed E-state index contributed by atoms with van der Waals surface area (Å²) in [6.07, 6.45) is 1.37. The van der Waals surface area contributed by atoms with Crippen molar-refractivity contribution >= 4 is 0 Å². The molecule has 6 heteroatoms. The number of nitrogens with zero attached hydrogens (tertiary/aromatic N) is 5. The van der Waals surface area contributed by atoms with Gasteiger partial charge in [-0.2, -0.15) is 10.2 Å². The number of hydrogen-bond acceptors (Lipinski definition) is 4. The monoisotopic (exact) mass is 263 g/mol. The summed E-state index contributed by atoms with van der Waals surface area (Å²) >= 11 is 0. The van der Waals surface area contributed by atoms with Gasteiger partial charge in [0.15, 0.2) is 0 Å². The summed E-state index contributed by atoms with van der Waals surface area (Å²) in [6, 6.07) is 2.16. The zero-order chi connectivity index (χ0) is 14.0. The first-order valence-electron chi connectivity index (χ1n) is 6.63. The number of aryl methyl sites for hydroxylation is 2. The van der Waals surface area contributed by atoms with Gasteiger partial charge in [0.2, 0.25) is 0 Å². The Balaban J connectivity index is 2.20. The van der Waals surface area contributed by atoms with E-state index < -0.39 is 6.10 Å². The predicted molar refractivity (Wildman–Crippen MR) is 71.7 cm³/mol. The van der Waals surface area contributed by atoms with E-state index in [0.29, 0.717) is 6.42 Å². The fourth-order valence-corrected chi connectivity index (χ4v) is 2.22. The van der Waals surface area contributed by atoms with E-state index >= 15 is 0 Å². The van der Waals surface area contributed by atoms with Gasteiger partial charge in [-0.25, -0.2) is 9.67 Å². The summed E-state index contributed by atoms with van der Waals surface area (Å²) in [5.74, 6) is 0.795. The van der Waals surface area contributed by atoms with Gasteiger partial charge in [0, 0.05) is 19.0 Å². The minimum atomic E-state index is -0.608. The minimum absolute atomic E-state index is 0.238. The third-order valence-corrected chi connectivity index (χ3v) is 3.09. The molecule has 0 bridgehead atoms. The van der Waals surface area contributed by atoms with Crippen LogP contribution < -0.4 is 0 Å². The molecule has 0 spiro atoms. The van der Waals surface area contributed by atoms with E-state index in [-0.39, 0.29) is 6.04 Å². The molecule has 2 heterocycles. The van der Waals surface area contributed by atoms with E-state index in [1.54, 1.807) is 0 Å². The van der Waals surface area contributed by atoms with Crippen LogP contribution in [0, 0.1) is 6.92 Å². The number of rotatable bonds is 5. The topological polar surface area (TPSA) is 68.8 Å². The quantitative estimate of drug-likeness (QED) is 0.890. The Morgan fingerprint density at radius 2 is 2.11 bits per heavy atom. The zero-order valence-corrected chi connectivity index (χ0v) is 11.9. The molecule has 0 radical (unpaired) electrons. The first-order valence-corrected chi connectivity index (χ1v) is 6.63. The van der Waals surface area contributed by atoms with Crippen molar-refractivity contribution in [2.45, 2.75) is 52.8 Å². The summed E-state index contributed by atoms with van der Waals surface area (Å²) in [5.41, 5.74) is 1.75. The molecule has 0 aliphatic carbocycles. The summed E-state index contributed by atoms with van der Waals surface area (Å²) in [4.78, 5) is 4.23. The molecule has 2 aromatic rings. The van der Waals surface area contributed by atoms with Crippen LogP contribution in [0.15, 0.2) is 12.4 Å². The molecule has 1 N–H and O–H groups in total. The van der Waals surface area contributed by atoms with Gasteiger partial charge in [-0.05, 0) is 33.8 Å². The van der Waals surface area contributed by atoms with Gasteiger partial charge in [-0.15, -0.1) is 0 Å². The first kappa shape index (κ1) is 13.7. The Labute approximate surface area is 113 Å². The molecule has 0 aliphatic rings. The molecule has 104 valence electrons. The van der Waals surface area contributed by atoms with E-state index in [9.17, 15) is 5.11 Å². The highest BCUT2D eigenvalue weighted by Crippen LogP contribution is 2.19. The molecular formula is C13H21N5O. The molecule has 0 fully saturated rings. The second kappa shape index (κ2) is 5.52. The lowest BCUT2D eigenvalue weighted by molar-refractivity contribution is 0.162. The van der Waals surface area contributed by atoms with Crippen LogP contribution in [0.2, 0.25) is 0 Å². The van der Waals surface area contributed by atoms with Crippen molar-refractivity contribution in [3.63, 3.8) is 0 Å². The van der Waals surface area contributed by atoms with Crippen molar-refractivity contribution in [2.24, 2.45) is 0 Å². The van der Waals surface area contributed by atoms with Crippen LogP contribution in [0.4, 0.5) is 0 Å². The molecule has 0 aliphatic heterocycles. The Morgan fingerprint density at radius 3 is 2.74 bits per heavy atom. The summed E-state index contributed by atoms with van der Waals surface area (Å²) in [5, 5.41) is 18.9. The number of aromatic nitrogens is 5. The van der Waals surface area contributed by atoms with Crippen molar-refractivity contribution in [1.82, 2.24) is 24.5 Å². The second-order valence-electron chi connectivity index (χ2n) is 4.96. The zero-order valence-electron chi connectivity index (χ0n) is 11.9. The maximum atomic E-state index is 10.4. The maximum absolute atomic E-state index is 10.4. The fourth-order valence-electron chi connectivity index (χ4n) is 2.22. The van der Waals surface area contributed by atoms with E-state index in [1.165, 1.54) is 6.33 Å². The Kier molecular flexibility index (Phi) is 3.99. The van der Waals surface area contributed by atoms with Gasteiger partial charge in [-0.1, -0.05) is 0 Å². The molecule has 6 nitrogen and oxygen atoms in total. The number of hydrogen-bond donors (Lipinski definition) is 1. The second-order valence-corrected chi connectivity index (χ2v) is 4.96. The van der Waals surface area contributed by atoms with Gasteiger partial charge in [0.05, 0.1) is 11.4 Å². The fraction of sp³-hybridized carbons (Fsp3) is 0.615.